The van der Waals surface area contributed by atoms with E-state index in [0.717, 1.165) is 27.9 Å². The molecule has 1 aliphatic rings. The second-order valence-corrected chi connectivity index (χ2v) is 8.99. The van der Waals surface area contributed by atoms with Crippen molar-refractivity contribution in [2.45, 2.75) is 44.1 Å². The summed E-state index contributed by atoms with van der Waals surface area (Å²) in [6.07, 6.45) is 1.05. The Kier molecular flexibility index (Phi) is 6.43. The third-order valence-corrected chi connectivity index (χ3v) is 6.86. The molecule has 0 bridgehead atoms. The van der Waals surface area contributed by atoms with E-state index in [2.05, 4.69) is 31.3 Å². The smallest absolute Gasteiger partial charge is 0.237 e. The van der Waals surface area contributed by atoms with Crippen LogP contribution in [0.5, 0.6) is 0 Å². The fraction of sp³-hybridized carbons (Fsp3) is 0.333. The van der Waals surface area contributed by atoms with Crippen molar-refractivity contribution in [3.63, 3.8) is 0 Å². The molecular weight excluding hydrogens is 360 g/mol. The first-order valence-electron chi connectivity index (χ1n) is 8.94. The van der Waals surface area contributed by atoms with Gasteiger partial charge < -0.3 is 5.32 Å². The lowest BCUT2D eigenvalue weighted by molar-refractivity contribution is -0.115. The molecule has 0 radical (unpaired) electrons. The SMILES string of the molecule is CC[C@H](C)c1ccccc1NC(=O)[C@H](C)SC1=Nc2ccccc2CS1. The summed E-state index contributed by atoms with van der Waals surface area (Å²) in [6, 6.07) is 16.3. The van der Waals surface area contributed by atoms with E-state index >= 15 is 0 Å². The third-order valence-electron chi connectivity index (χ3n) is 4.56. The molecule has 5 heteroatoms. The number of hydrogen-bond donors (Lipinski definition) is 1. The van der Waals surface area contributed by atoms with Gasteiger partial charge in [-0.2, -0.15) is 0 Å². The van der Waals surface area contributed by atoms with Crippen LogP contribution in [0.2, 0.25) is 0 Å². The topological polar surface area (TPSA) is 41.5 Å². The Morgan fingerprint density at radius 2 is 1.92 bits per heavy atom. The van der Waals surface area contributed by atoms with Crippen molar-refractivity contribution < 1.29 is 4.79 Å². The number of nitrogens with zero attached hydrogens (tertiary/aromatic N) is 1. The highest BCUT2D eigenvalue weighted by atomic mass is 32.2. The number of rotatable bonds is 5. The maximum absolute atomic E-state index is 12.7. The predicted molar refractivity (Wildman–Crippen MR) is 116 cm³/mol. The molecule has 1 N–H and O–H groups in total. The number of carbonyl (C=O) groups is 1. The Hall–Kier alpha value is -1.72. The van der Waals surface area contributed by atoms with E-state index in [-0.39, 0.29) is 11.2 Å². The number of anilines is 1. The first kappa shape index (κ1) is 19.1. The predicted octanol–water partition coefficient (Wildman–Crippen LogP) is 6.19. The molecule has 0 aliphatic carbocycles. The van der Waals surface area contributed by atoms with Gasteiger partial charge in [0, 0.05) is 11.4 Å². The molecular formula is C21H24N2OS2. The first-order chi connectivity index (χ1) is 12.6. The molecule has 1 heterocycles. The molecule has 2 atom stereocenters. The van der Waals surface area contributed by atoms with Crippen molar-refractivity contribution in [1.29, 1.82) is 0 Å². The van der Waals surface area contributed by atoms with Crippen LogP contribution in [0.15, 0.2) is 53.5 Å². The number of hydrogen-bond acceptors (Lipinski definition) is 4. The Bertz CT molecular complexity index is 819. The van der Waals surface area contributed by atoms with Crippen LogP contribution in [-0.2, 0) is 10.5 Å². The van der Waals surface area contributed by atoms with Gasteiger partial charge in [-0.3, -0.25) is 4.79 Å². The van der Waals surface area contributed by atoms with Crippen molar-refractivity contribution >= 4 is 45.2 Å². The lowest BCUT2D eigenvalue weighted by Crippen LogP contribution is -2.24. The van der Waals surface area contributed by atoms with Crippen LogP contribution < -0.4 is 5.32 Å². The zero-order valence-electron chi connectivity index (χ0n) is 15.4. The summed E-state index contributed by atoms with van der Waals surface area (Å²) in [7, 11) is 0. The van der Waals surface area contributed by atoms with E-state index < -0.39 is 0 Å². The summed E-state index contributed by atoms with van der Waals surface area (Å²) in [5.41, 5.74) is 4.38. The molecule has 136 valence electrons. The normalized spacial score (nSPS) is 15.6. The van der Waals surface area contributed by atoms with Crippen LogP contribution in [0.1, 0.15) is 44.2 Å². The minimum atomic E-state index is -0.198. The standard InChI is InChI=1S/C21H24N2OS2/c1-4-14(2)17-10-6-8-12-19(17)22-20(24)15(3)26-21-23-18-11-7-5-9-16(18)13-25-21/h5-12,14-15H,4,13H2,1-3H3,(H,22,24)/t14-,15-/m0/s1. The number of nitrogens with one attached hydrogen (secondary N) is 1. The van der Waals surface area contributed by atoms with Gasteiger partial charge in [-0.15, -0.1) is 0 Å². The number of carbonyl (C=O) groups excluding carboxylic acids is 1. The lowest BCUT2D eigenvalue weighted by Gasteiger charge is -2.19. The highest BCUT2D eigenvalue weighted by molar-refractivity contribution is 8.39. The molecule has 2 aromatic rings. The van der Waals surface area contributed by atoms with E-state index in [1.807, 2.05) is 43.3 Å². The van der Waals surface area contributed by atoms with Gasteiger partial charge in [0.25, 0.3) is 0 Å². The quantitative estimate of drug-likeness (QED) is 0.668. The number of aliphatic imine (C=N–C) groups is 1. The second kappa shape index (κ2) is 8.78. The highest BCUT2D eigenvalue weighted by Gasteiger charge is 2.21. The average Bonchev–Trinajstić information content (AvgIpc) is 2.67. The van der Waals surface area contributed by atoms with Gasteiger partial charge in [0.1, 0.15) is 4.38 Å². The zero-order valence-corrected chi connectivity index (χ0v) is 17.0. The fourth-order valence-corrected chi connectivity index (χ4v) is 4.96. The van der Waals surface area contributed by atoms with Crippen LogP contribution >= 0.6 is 23.5 Å². The maximum atomic E-state index is 12.7. The van der Waals surface area contributed by atoms with Crippen molar-refractivity contribution in [3.05, 3.63) is 59.7 Å². The molecule has 1 aliphatic heterocycles. The second-order valence-electron chi connectivity index (χ2n) is 6.44. The number of para-hydroxylation sites is 2. The van der Waals surface area contributed by atoms with E-state index in [1.165, 1.54) is 22.9 Å². The minimum absolute atomic E-state index is 0.0212. The first-order valence-corrected chi connectivity index (χ1v) is 10.8. The number of thioether (sulfide) groups is 2. The fourth-order valence-electron chi connectivity index (χ4n) is 2.77. The Morgan fingerprint density at radius 1 is 1.19 bits per heavy atom. The number of fused-ring (bicyclic) bond motifs is 1. The zero-order chi connectivity index (χ0) is 18.5. The molecule has 0 fully saturated rings. The van der Waals surface area contributed by atoms with Gasteiger partial charge in [0.05, 0.1) is 10.9 Å². The molecule has 0 saturated carbocycles. The van der Waals surface area contributed by atoms with Gasteiger partial charge >= 0.3 is 0 Å². The van der Waals surface area contributed by atoms with Gasteiger partial charge in [-0.25, -0.2) is 4.99 Å². The van der Waals surface area contributed by atoms with Crippen molar-refractivity contribution in [1.82, 2.24) is 0 Å². The summed E-state index contributed by atoms with van der Waals surface area (Å²) >= 11 is 3.23. The molecule has 0 spiro atoms. The molecule has 2 aromatic carbocycles. The highest BCUT2D eigenvalue weighted by Crippen LogP contribution is 2.36. The van der Waals surface area contributed by atoms with Gasteiger partial charge in [-0.05, 0) is 42.5 Å². The Morgan fingerprint density at radius 3 is 2.73 bits per heavy atom. The average molecular weight is 385 g/mol. The molecule has 0 saturated heterocycles. The molecule has 3 nitrogen and oxygen atoms in total. The van der Waals surface area contributed by atoms with E-state index in [0.29, 0.717) is 5.92 Å². The molecule has 0 aromatic heterocycles. The van der Waals surface area contributed by atoms with E-state index in [4.69, 9.17) is 4.99 Å². The molecule has 1 amide bonds. The summed E-state index contributed by atoms with van der Waals surface area (Å²) in [6.45, 7) is 6.29. The number of amides is 1. The van der Waals surface area contributed by atoms with Crippen molar-refractivity contribution in [2.75, 3.05) is 5.32 Å². The summed E-state index contributed by atoms with van der Waals surface area (Å²) < 4.78 is 0.960. The minimum Gasteiger partial charge on any atom is -0.325 e. The van der Waals surface area contributed by atoms with Crippen LogP contribution in [0.3, 0.4) is 0 Å². The van der Waals surface area contributed by atoms with Crippen LogP contribution in [0, 0.1) is 0 Å². The Balaban J connectivity index is 1.67. The molecule has 0 unspecified atom stereocenters. The number of benzene rings is 2. The molecule has 26 heavy (non-hydrogen) atoms. The van der Waals surface area contributed by atoms with Crippen LogP contribution in [0.25, 0.3) is 0 Å². The van der Waals surface area contributed by atoms with Gasteiger partial charge in [-0.1, -0.05) is 73.8 Å². The van der Waals surface area contributed by atoms with Crippen molar-refractivity contribution in [3.8, 4) is 0 Å². The monoisotopic (exact) mass is 384 g/mol. The molecule has 3 rings (SSSR count). The van der Waals surface area contributed by atoms with Crippen LogP contribution in [-0.4, -0.2) is 15.5 Å². The van der Waals surface area contributed by atoms with Gasteiger partial charge in [0.2, 0.25) is 5.91 Å². The van der Waals surface area contributed by atoms with Crippen molar-refractivity contribution in [2.24, 2.45) is 4.99 Å². The van der Waals surface area contributed by atoms with E-state index in [9.17, 15) is 4.79 Å². The lowest BCUT2D eigenvalue weighted by atomic mass is 9.97. The van der Waals surface area contributed by atoms with E-state index in [1.54, 1.807) is 11.8 Å². The summed E-state index contributed by atoms with van der Waals surface area (Å²) in [4.78, 5) is 17.4. The van der Waals surface area contributed by atoms with Crippen LogP contribution in [0.4, 0.5) is 11.4 Å². The maximum Gasteiger partial charge on any atom is 0.237 e. The summed E-state index contributed by atoms with van der Waals surface area (Å²) in [5, 5.41) is 2.91. The third kappa shape index (κ3) is 4.51. The summed E-state index contributed by atoms with van der Waals surface area (Å²) in [5.74, 6) is 1.35. The Labute approximate surface area is 164 Å². The van der Waals surface area contributed by atoms with Gasteiger partial charge in [0.15, 0.2) is 0 Å². The largest absolute Gasteiger partial charge is 0.325 e.